The van der Waals surface area contributed by atoms with Gasteiger partial charge in [-0.15, -0.1) is 0 Å². The van der Waals surface area contributed by atoms with Gasteiger partial charge < -0.3 is 15.4 Å². The van der Waals surface area contributed by atoms with Gasteiger partial charge in [-0.2, -0.15) is 0 Å². The Kier molecular flexibility index (Phi) is 6.95. The van der Waals surface area contributed by atoms with Crippen LogP contribution in [0.1, 0.15) is 27.5 Å². The van der Waals surface area contributed by atoms with Gasteiger partial charge in [-0.25, -0.2) is 0 Å². The van der Waals surface area contributed by atoms with E-state index < -0.39 is 16.7 Å². The highest BCUT2D eigenvalue weighted by atomic mass is 16.6. The summed E-state index contributed by atoms with van der Waals surface area (Å²) in [4.78, 5) is 35.5. The van der Waals surface area contributed by atoms with Crippen LogP contribution in [0.25, 0.3) is 0 Å². The number of carbonyl (C=O) groups is 2. The third-order valence-corrected chi connectivity index (χ3v) is 4.62. The number of ether oxygens (including phenoxy) is 1. The normalized spacial score (nSPS) is 10.4. The number of nitrogens with one attached hydrogen (secondary N) is 2. The molecule has 0 aromatic heterocycles. The van der Waals surface area contributed by atoms with Gasteiger partial charge in [0.2, 0.25) is 5.91 Å². The highest BCUT2D eigenvalue weighted by Gasteiger charge is 2.20. The van der Waals surface area contributed by atoms with Gasteiger partial charge in [-0.1, -0.05) is 60.7 Å². The molecule has 2 N–H and O–H groups in total. The summed E-state index contributed by atoms with van der Waals surface area (Å²) in [6.45, 7) is -0.283. The zero-order chi connectivity index (χ0) is 22.2. The van der Waals surface area contributed by atoms with E-state index in [0.29, 0.717) is 0 Å². The zero-order valence-corrected chi connectivity index (χ0v) is 16.8. The van der Waals surface area contributed by atoms with Crippen LogP contribution >= 0.6 is 0 Å². The van der Waals surface area contributed by atoms with E-state index in [1.807, 2.05) is 60.7 Å². The zero-order valence-electron chi connectivity index (χ0n) is 16.8. The number of carbonyl (C=O) groups excluding carboxylic acids is 2. The molecule has 8 heteroatoms. The van der Waals surface area contributed by atoms with Gasteiger partial charge in [-0.3, -0.25) is 19.7 Å². The summed E-state index contributed by atoms with van der Waals surface area (Å²) >= 11 is 0. The van der Waals surface area contributed by atoms with Crippen LogP contribution in [0.4, 0.5) is 5.69 Å². The number of amides is 2. The third-order valence-electron chi connectivity index (χ3n) is 4.62. The van der Waals surface area contributed by atoms with Crippen molar-refractivity contribution in [2.75, 3.05) is 13.7 Å². The number of nitro benzene ring substituents is 1. The van der Waals surface area contributed by atoms with Gasteiger partial charge in [0.25, 0.3) is 5.91 Å². The molecule has 158 valence electrons. The molecule has 0 bridgehead atoms. The van der Waals surface area contributed by atoms with Crippen LogP contribution < -0.4 is 15.4 Å². The monoisotopic (exact) mass is 419 g/mol. The molecule has 0 atom stereocenters. The number of hydrogen-bond acceptors (Lipinski definition) is 5. The van der Waals surface area contributed by atoms with Gasteiger partial charge in [0.1, 0.15) is 0 Å². The number of hydrogen-bond donors (Lipinski definition) is 2. The fraction of sp³-hybridized carbons (Fsp3) is 0.130. The van der Waals surface area contributed by atoms with E-state index in [0.717, 1.165) is 17.2 Å². The van der Waals surface area contributed by atoms with Gasteiger partial charge in [0.05, 0.1) is 24.6 Å². The molecule has 0 spiro atoms. The minimum absolute atomic E-state index is 0.0489. The minimum atomic E-state index is -0.632. The Morgan fingerprint density at radius 1 is 0.968 bits per heavy atom. The maximum absolute atomic E-state index is 12.6. The first kappa shape index (κ1) is 21.5. The first-order valence-corrected chi connectivity index (χ1v) is 9.49. The summed E-state index contributed by atoms with van der Waals surface area (Å²) in [5.41, 5.74) is 1.54. The quantitative estimate of drug-likeness (QED) is 0.430. The molecule has 3 rings (SSSR count). The lowest BCUT2D eigenvalue weighted by Crippen LogP contribution is -2.39. The average molecular weight is 419 g/mol. The van der Waals surface area contributed by atoms with E-state index in [1.54, 1.807) is 0 Å². The molecule has 0 fully saturated rings. The number of nitro groups is 1. The van der Waals surface area contributed by atoms with Crippen molar-refractivity contribution in [1.82, 2.24) is 10.6 Å². The Hall–Kier alpha value is -4.20. The molecule has 0 aliphatic rings. The smallest absolute Gasteiger partial charge is 0.311 e. The highest BCUT2D eigenvalue weighted by Crippen LogP contribution is 2.27. The largest absolute Gasteiger partial charge is 0.490 e. The summed E-state index contributed by atoms with van der Waals surface area (Å²) in [7, 11) is 1.31. The van der Waals surface area contributed by atoms with Crippen LogP contribution in [0, 0.1) is 10.1 Å². The molecule has 0 aliphatic heterocycles. The highest BCUT2D eigenvalue weighted by molar-refractivity contribution is 5.97. The Bertz CT molecular complexity index is 1030. The molecule has 0 radical (unpaired) electrons. The van der Waals surface area contributed by atoms with Crippen molar-refractivity contribution < 1.29 is 19.2 Å². The molecular weight excluding hydrogens is 398 g/mol. The summed E-state index contributed by atoms with van der Waals surface area (Å²) in [6.07, 6.45) is 0. The Morgan fingerprint density at radius 2 is 1.55 bits per heavy atom. The second-order valence-electron chi connectivity index (χ2n) is 6.65. The number of nitrogens with zero attached hydrogens (tertiary/aromatic N) is 1. The van der Waals surface area contributed by atoms with Crippen LogP contribution in [0.15, 0.2) is 78.9 Å². The Labute approximate surface area is 179 Å². The maximum Gasteiger partial charge on any atom is 0.311 e. The van der Waals surface area contributed by atoms with E-state index in [1.165, 1.54) is 19.2 Å². The van der Waals surface area contributed by atoms with Crippen molar-refractivity contribution in [2.45, 2.75) is 6.04 Å². The van der Waals surface area contributed by atoms with E-state index in [9.17, 15) is 19.7 Å². The first-order chi connectivity index (χ1) is 15.0. The minimum Gasteiger partial charge on any atom is -0.490 e. The first-order valence-electron chi connectivity index (χ1n) is 9.49. The summed E-state index contributed by atoms with van der Waals surface area (Å²) < 4.78 is 4.93. The second-order valence-corrected chi connectivity index (χ2v) is 6.65. The van der Waals surface area contributed by atoms with Gasteiger partial charge in [-0.05, 0) is 23.3 Å². The predicted octanol–water partition coefficient (Wildman–Crippen LogP) is 3.24. The van der Waals surface area contributed by atoms with E-state index >= 15 is 0 Å². The molecule has 3 aromatic rings. The van der Waals surface area contributed by atoms with Gasteiger partial charge >= 0.3 is 5.69 Å². The molecular formula is C23H21N3O5. The molecule has 2 amide bonds. The van der Waals surface area contributed by atoms with Crippen LogP contribution in [0.2, 0.25) is 0 Å². The van der Waals surface area contributed by atoms with Crippen molar-refractivity contribution in [1.29, 1.82) is 0 Å². The Balaban J connectivity index is 1.69. The van der Waals surface area contributed by atoms with Crippen LogP contribution in [0.5, 0.6) is 5.75 Å². The van der Waals surface area contributed by atoms with Crippen molar-refractivity contribution in [3.8, 4) is 5.75 Å². The number of benzene rings is 3. The van der Waals surface area contributed by atoms with Gasteiger partial charge in [0.15, 0.2) is 5.75 Å². The topological polar surface area (TPSA) is 111 Å². The third kappa shape index (κ3) is 5.45. The number of rotatable bonds is 8. The predicted molar refractivity (Wildman–Crippen MR) is 115 cm³/mol. The molecule has 0 aliphatic carbocycles. The average Bonchev–Trinajstić information content (AvgIpc) is 2.81. The lowest BCUT2D eigenvalue weighted by atomic mass is 9.99. The maximum atomic E-state index is 12.6. The van der Waals surface area contributed by atoms with Crippen molar-refractivity contribution >= 4 is 17.5 Å². The fourth-order valence-corrected chi connectivity index (χ4v) is 3.10. The van der Waals surface area contributed by atoms with E-state index in [4.69, 9.17) is 4.74 Å². The van der Waals surface area contributed by atoms with Crippen LogP contribution in [-0.2, 0) is 4.79 Å². The van der Waals surface area contributed by atoms with E-state index in [2.05, 4.69) is 10.6 Å². The molecule has 0 heterocycles. The summed E-state index contributed by atoms with van der Waals surface area (Å²) in [6, 6.07) is 22.4. The number of methoxy groups -OCH3 is 1. The summed E-state index contributed by atoms with van der Waals surface area (Å²) in [5, 5.41) is 16.6. The van der Waals surface area contributed by atoms with Crippen molar-refractivity contribution in [2.24, 2.45) is 0 Å². The molecule has 31 heavy (non-hydrogen) atoms. The van der Waals surface area contributed by atoms with E-state index in [-0.39, 0.29) is 29.6 Å². The molecule has 0 saturated heterocycles. The standard InChI is InChI=1S/C23H21N3O5/c1-31-20-13-12-18(14-19(20)26(29)30)23(28)24-15-21(27)25-22(16-8-4-2-5-9-16)17-10-6-3-7-11-17/h2-14,22H,15H2,1H3,(H,24,28)(H,25,27). The van der Waals surface area contributed by atoms with Crippen LogP contribution in [-0.4, -0.2) is 30.4 Å². The molecule has 3 aromatic carbocycles. The summed E-state index contributed by atoms with van der Waals surface area (Å²) in [5.74, 6) is -0.946. The lowest BCUT2D eigenvalue weighted by molar-refractivity contribution is -0.385. The SMILES string of the molecule is COc1ccc(C(=O)NCC(=O)NC(c2ccccc2)c2ccccc2)cc1[N+](=O)[O-]. The lowest BCUT2D eigenvalue weighted by Gasteiger charge is -2.20. The Morgan fingerprint density at radius 3 is 2.06 bits per heavy atom. The molecule has 8 nitrogen and oxygen atoms in total. The second kappa shape index (κ2) is 10.0. The molecule has 0 saturated carbocycles. The fourth-order valence-electron chi connectivity index (χ4n) is 3.10. The van der Waals surface area contributed by atoms with Crippen LogP contribution in [0.3, 0.4) is 0 Å². The van der Waals surface area contributed by atoms with Gasteiger partial charge in [0, 0.05) is 11.6 Å². The molecule has 0 unspecified atom stereocenters. The van der Waals surface area contributed by atoms with Crippen molar-refractivity contribution in [3.63, 3.8) is 0 Å². The van der Waals surface area contributed by atoms with Crippen molar-refractivity contribution in [3.05, 3.63) is 106 Å².